The van der Waals surface area contributed by atoms with Crippen molar-refractivity contribution in [1.29, 1.82) is 0 Å². The Morgan fingerprint density at radius 1 is 1.10 bits per heavy atom. The molecule has 2 heterocycles. The SMILES string of the molecule is CC(C)C[NH+](Cc1cccn1Cc1ccccc1F)C[C@@H](O)COCc1ccco1. The summed E-state index contributed by atoms with van der Waals surface area (Å²) >= 11 is 0. The van der Waals surface area contributed by atoms with Gasteiger partial charge in [0.25, 0.3) is 0 Å². The zero-order chi connectivity index (χ0) is 21.3. The molecule has 6 heteroatoms. The van der Waals surface area contributed by atoms with Gasteiger partial charge in [0.2, 0.25) is 0 Å². The molecule has 1 aromatic carbocycles. The van der Waals surface area contributed by atoms with Crippen LogP contribution in [-0.2, 0) is 24.4 Å². The maximum Gasteiger partial charge on any atom is 0.129 e. The van der Waals surface area contributed by atoms with E-state index in [9.17, 15) is 9.50 Å². The molecule has 0 aliphatic heterocycles. The Morgan fingerprint density at radius 3 is 2.67 bits per heavy atom. The first-order valence-corrected chi connectivity index (χ1v) is 10.5. The molecule has 2 aromatic heterocycles. The van der Waals surface area contributed by atoms with Gasteiger partial charge in [-0.3, -0.25) is 0 Å². The van der Waals surface area contributed by atoms with Crippen LogP contribution in [0.25, 0.3) is 0 Å². The number of aliphatic hydroxyl groups is 1. The number of rotatable bonds is 12. The Hall–Kier alpha value is -2.41. The number of hydrogen-bond acceptors (Lipinski definition) is 3. The molecule has 3 rings (SSSR count). The Labute approximate surface area is 177 Å². The minimum absolute atomic E-state index is 0.187. The average Bonchev–Trinajstić information content (AvgIpc) is 3.35. The molecule has 0 saturated carbocycles. The molecular weight excluding hydrogens is 383 g/mol. The van der Waals surface area contributed by atoms with Gasteiger partial charge in [-0.05, 0) is 30.3 Å². The summed E-state index contributed by atoms with van der Waals surface area (Å²) in [5.41, 5.74) is 1.80. The summed E-state index contributed by atoms with van der Waals surface area (Å²) in [5.74, 6) is 1.05. The van der Waals surface area contributed by atoms with E-state index in [2.05, 4.69) is 24.5 Å². The fourth-order valence-corrected chi connectivity index (χ4v) is 3.72. The van der Waals surface area contributed by atoms with Crippen molar-refractivity contribution in [2.75, 3.05) is 19.7 Å². The van der Waals surface area contributed by atoms with E-state index < -0.39 is 6.10 Å². The van der Waals surface area contributed by atoms with Crippen molar-refractivity contribution in [2.45, 2.75) is 39.6 Å². The van der Waals surface area contributed by atoms with Gasteiger partial charge < -0.3 is 23.7 Å². The minimum atomic E-state index is -0.566. The topological polar surface area (TPSA) is 52.0 Å². The third kappa shape index (κ3) is 6.83. The molecule has 5 nitrogen and oxygen atoms in total. The molecule has 3 aromatic rings. The second-order valence-corrected chi connectivity index (χ2v) is 8.20. The van der Waals surface area contributed by atoms with Gasteiger partial charge in [0, 0.05) is 17.7 Å². The van der Waals surface area contributed by atoms with Crippen LogP contribution in [-0.4, -0.2) is 35.5 Å². The van der Waals surface area contributed by atoms with E-state index in [0.717, 1.165) is 24.5 Å². The van der Waals surface area contributed by atoms with Crippen LogP contribution in [0.5, 0.6) is 0 Å². The molecule has 0 saturated heterocycles. The second kappa shape index (κ2) is 11.1. The minimum Gasteiger partial charge on any atom is -0.467 e. The Morgan fingerprint density at radius 2 is 1.93 bits per heavy atom. The molecule has 0 aliphatic carbocycles. The highest BCUT2D eigenvalue weighted by molar-refractivity contribution is 5.19. The third-order valence-corrected chi connectivity index (χ3v) is 5.01. The molecule has 0 spiro atoms. The molecule has 0 fully saturated rings. The monoisotopic (exact) mass is 415 g/mol. The van der Waals surface area contributed by atoms with Crippen molar-refractivity contribution < 1.29 is 23.6 Å². The smallest absolute Gasteiger partial charge is 0.129 e. The highest BCUT2D eigenvalue weighted by Gasteiger charge is 2.19. The van der Waals surface area contributed by atoms with E-state index in [1.54, 1.807) is 12.3 Å². The molecule has 2 atom stereocenters. The number of ether oxygens (including phenoxy) is 1. The van der Waals surface area contributed by atoms with E-state index in [1.807, 2.05) is 36.5 Å². The molecule has 0 aliphatic rings. The number of furan rings is 1. The third-order valence-electron chi connectivity index (χ3n) is 5.01. The van der Waals surface area contributed by atoms with Gasteiger partial charge in [-0.15, -0.1) is 0 Å². The largest absolute Gasteiger partial charge is 0.467 e. The number of aromatic nitrogens is 1. The fraction of sp³-hybridized carbons (Fsp3) is 0.417. The summed E-state index contributed by atoms with van der Waals surface area (Å²) in [7, 11) is 0. The van der Waals surface area contributed by atoms with Crippen molar-refractivity contribution >= 4 is 0 Å². The molecule has 1 unspecified atom stereocenters. The van der Waals surface area contributed by atoms with Gasteiger partial charge in [0.15, 0.2) is 0 Å². The number of nitrogens with zero attached hydrogens (tertiary/aromatic N) is 1. The molecule has 162 valence electrons. The quantitative estimate of drug-likeness (QED) is 0.478. The van der Waals surface area contributed by atoms with Gasteiger partial charge in [-0.1, -0.05) is 32.0 Å². The summed E-state index contributed by atoms with van der Waals surface area (Å²) in [6.45, 7) is 7.75. The summed E-state index contributed by atoms with van der Waals surface area (Å²) in [4.78, 5) is 1.27. The Balaban J connectivity index is 1.58. The maximum atomic E-state index is 14.1. The standard InChI is InChI=1S/C24H31FN2O3/c1-19(2)13-26(16-22(28)17-29-18-23-9-6-12-30-23)15-21-8-5-11-27(21)14-20-7-3-4-10-24(20)25/h3-12,19,22,28H,13-18H2,1-2H3/p+1/t22-/m1/s1. The molecule has 0 amide bonds. The predicted octanol–water partition coefficient (Wildman–Crippen LogP) is 2.89. The first kappa shape index (κ1) is 22.3. The Kier molecular flexibility index (Phi) is 8.25. The van der Waals surface area contributed by atoms with E-state index in [4.69, 9.17) is 9.15 Å². The number of halogens is 1. The zero-order valence-corrected chi connectivity index (χ0v) is 17.8. The average molecular weight is 416 g/mol. The van der Waals surface area contributed by atoms with Crippen LogP contribution < -0.4 is 4.90 Å². The summed E-state index contributed by atoms with van der Waals surface area (Å²) < 4.78 is 27.0. The fourth-order valence-electron chi connectivity index (χ4n) is 3.72. The van der Waals surface area contributed by atoms with Gasteiger partial charge in [0.1, 0.15) is 37.4 Å². The van der Waals surface area contributed by atoms with Crippen LogP contribution >= 0.6 is 0 Å². The first-order valence-electron chi connectivity index (χ1n) is 10.5. The number of hydrogen-bond donors (Lipinski definition) is 2. The van der Waals surface area contributed by atoms with Crippen LogP contribution in [0.15, 0.2) is 65.4 Å². The van der Waals surface area contributed by atoms with E-state index >= 15 is 0 Å². The van der Waals surface area contributed by atoms with Crippen LogP contribution in [0, 0.1) is 11.7 Å². The number of benzene rings is 1. The van der Waals surface area contributed by atoms with Gasteiger partial charge in [-0.25, -0.2) is 4.39 Å². The van der Waals surface area contributed by atoms with Crippen molar-refractivity contribution in [3.8, 4) is 0 Å². The highest BCUT2D eigenvalue weighted by atomic mass is 19.1. The maximum absolute atomic E-state index is 14.1. The van der Waals surface area contributed by atoms with E-state index in [1.165, 1.54) is 11.0 Å². The lowest BCUT2D eigenvalue weighted by atomic mass is 10.2. The van der Waals surface area contributed by atoms with Crippen LogP contribution in [0.4, 0.5) is 4.39 Å². The first-order chi connectivity index (χ1) is 14.5. The zero-order valence-electron chi connectivity index (χ0n) is 17.8. The second-order valence-electron chi connectivity index (χ2n) is 8.20. The molecular formula is C24H32FN2O3+. The van der Waals surface area contributed by atoms with Crippen molar-refractivity contribution in [2.24, 2.45) is 5.92 Å². The summed E-state index contributed by atoms with van der Waals surface area (Å²) in [5, 5.41) is 10.5. The molecule has 2 N–H and O–H groups in total. The lowest BCUT2D eigenvalue weighted by Crippen LogP contribution is -3.12. The van der Waals surface area contributed by atoms with Gasteiger partial charge >= 0.3 is 0 Å². The van der Waals surface area contributed by atoms with Crippen LogP contribution in [0.2, 0.25) is 0 Å². The van der Waals surface area contributed by atoms with Crippen LogP contribution in [0.3, 0.4) is 0 Å². The lowest BCUT2D eigenvalue weighted by Gasteiger charge is -2.24. The summed E-state index contributed by atoms with van der Waals surface area (Å²) in [6, 6.07) is 14.6. The van der Waals surface area contributed by atoms with E-state index in [0.29, 0.717) is 31.2 Å². The number of nitrogens with one attached hydrogen (secondary N) is 1. The van der Waals surface area contributed by atoms with Gasteiger partial charge in [0.05, 0.1) is 31.7 Å². The van der Waals surface area contributed by atoms with Crippen LogP contribution in [0.1, 0.15) is 30.9 Å². The molecule has 30 heavy (non-hydrogen) atoms. The molecule has 0 bridgehead atoms. The van der Waals surface area contributed by atoms with E-state index in [-0.39, 0.29) is 12.4 Å². The normalized spacial score (nSPS) is 13.6. The molecule has 0 radical (unpaired) electrons. The predicted molar refractivity (Wildman–Crippen MR) is 114 cm³/mol. The summed E-state index contributed by atoms with van der Waals surface area (Å²) in [6.07, 6.45) is 3.03. The highest BCUT2D eigenvalue weighted by Crippen LogP contribution is 2.11. The number of quaternary nitrogens is 1. The van der Waals surface area contributed by atoms with Gasteiger partial charge in [-0.2, -0.15) is 0 Å². The van der Waals surface area contributed by atoms with Crippen molar-refractivity contribution in [1.82, 2.24) is 4.57 Å². The van der Waals surface area contributed by atoms with Crippen molar-refractivity contribution in [3.63, 3.8) is 0 Å². The van der Waals surface area contributed by atoms with Crippen molar-refractivity contribution in [3.05, 3.63) is 83.8 Å². The number of aliphatic hydroxyl groups excluding tert-OH is 1. The Bertz CT molecular complexity index is 876. The lowest BCUT2D eigenvalue weighted by molar-refractivity contribution is -0.920.